The molecule has 0 aliphatic rings. The molecule has 3 aromatic rings. The van der Waals surface area contributed by atoms with Crippen molar-refractivity contribution in [1.29, 1.82) is 0 Å². The quantitative estimate of drug-likeness (QED) is 0.383. The van der Waals surface area contributed by atoms with Crippen molar-refractivity contribution in [2.75, 3.05) is 12.3 Å². The van der Waals surface area contributed by atoms with E-state index in [0.717, 1.165) is 11.4 Å². The molecule has 2 aromatic heterocycles. The number of fused-ring (bicyclic) bond motifs is 1. The summed E-state index contributed by atoms with van der Waals surface area (Å²) in [5.74, 6) is 0. The number of nitrogens with zero attached hydrogens (tertiary/aromatic N) is 2. The molecule has 1 aromatic carbocycles. The van der Waals surface area contributed by atoms with Crippen molar-refractivity contribution in [3.05, 3.63) is 52.4 Å². The Labute approximate surface area is 196 Å². The van der Waals surface area contributed by atoms with E-state index in [-0.39, 0.29) is 12.3 Å². The van der Waals surface area contributed by atoms with Crippen LogP contribution in [0.15, 0.2) is 41.2 Å². The minimum absolute atomic E-state index is 0.111. The summed E-state index contributed by atoms with van der Waals surface area (Å²) in [7, 11) is -1.25. The molecule has 2 heterocycles. The van der Waals surface area contributed by atoms with Crippen molar-refractivity contribution >= 4 is 30.8 Å². The topological polar surface area (TPSA) is 88.5 Å². The number of ether oxygens (including phenoxy) is 2. The van der Waals surface area contributed by atoms with Crippen LogP contribution >= 0.6 is 0 Å². The molecule has 33 heavy (non-hydrogen) atoms. The maximum absolute atomic E-state index is 13.5. The molecule has 7 nitrogen and oxygen atoms in total. The fourth-order valence-corrected chi connectivity index (χ4v) is 4.26. The second kappa shape index (κ2) is 9.19. The number of anilines is 1. The van der Waals surface area contributed by atoms with Gasteiger partial charge in [0.05, 0.1) is 22.5 Å². The highest BCUT2D eigenvalue weighted by Gasteiger charge is 2.25. The summed E-state index contributed by atoms with van der Waals surface area (Å²) in [6.45, 7) is 14.8. The van der Waals surface area contributed by atoms with E-state index in [1.54, 1.807) is 13.0 Å². The first-order valence-electron chi connectivity index (χ1n) is 11.2. The van der Waals surface area contributed by atoms with Gasteiger partial charge in [-0.1, -0.05) is 37.8 Å². The maximum Gasteiger partial charge on any atom is 0.419 e. The summed E-state index contributed by atoms with van der Waals surface area (Å²) in [5.41, 5.74) is 7.87. The van der Waals surface area contributed by atoms with Crippen molar-refractivity contribution in [2.24, 2.45) is 0 Å². The Kier molecular flexibility index (Phi) is 6.90. The number of aromatic nitrogens is 2. The molecular formula is C25H35N3O4Si. The molecule has 0 unspecified atom stereocenters. The lowest BCUT2D eigenvalue weighted by molar-refractivity contribution is 0.0547. The summed E-state index contributed by atoms with van der Waals surface area (Å²) >= 11 is 0. The molecule has 0 saturated carbocycles. The number of pyridine rings is 1. The molecule has 0 atom stereocenters. The van der Waals surface area contributed by atoms with Crippen LogP contribution in [0.25, 0.3) is 22.2 Å². The van der Waals surface area contributed by atoms with Crippen molar-refractivity contribution in [1.82, 2.24) is 9.13 Å². The Bertz CT molecular complexity index is 1230. The Morgan fingerprint density at radius 2 is 1.79 bits per heavy atom. The predicted molar refractivity (Wildman–Crippen MR) is 137 cm³/mol. The van der Waals surface area contributed by atoms with E-state index < -0.39 is 19.8 Å². The van der Waals surface area contributed by atoms with E-state index in [4.69, 9.17) is 15.2 Å². The van der Waals surface area contributed by atoms with Crippen LogP contribution in [0.3, 0.4) is 0 Å². The molecule has 178 valence electrons. The lowest BCUT2D eigenvalue weighted by atomic mass is 10.1. The van der Waals surface area contributed by atoms with Crippen LogP contribution in [0.5, 0.6) is 0 Å². The molecule has 3 rings (SSSR count). The van der Waals surface area contributed by atoms with Gasteiger partial charge in [-0.2, -0.15) is 0 Å². The summed E-state index contributed by atoms with van der Waals surface area (Å²) < 4.78 is 14.5. The number of carbonyl (C=O) groups is 1. The Morgan fingerprint density at radius 1 is 1.12 bits per heavy atom. The Hall–Kier alpha value is -2.84. The molecule has 0 aliphatic heterocycles. The number of benzene rings is 1. The molecule has 0 radical (unpaired) electrons. The largest absolute Gasteiger partial charge is 0.443 e. The number of nitrogen functional groups attached to an aromatic ring is 1. The van der Waals surface area contributed by atoms with Crippen LogP contribution in [-0.2, 0) is 16.2 Å². The van der Waals surface area contributed by atoms with E-state index >= 15 is 0 Å². The number of hydrogen-bond acceptors (Lipinski definition) is 5. The average Bonchev–Trinajstić information content (AvgIpc) is 3.07. The Balaban J connectivity index is 2.10. The molecule has 0 spiro atoms. The minimum Gasteiger partial charge on any atom is -0.443 e. The lowest BCUT2D eigenvalue weighted by Crippen LogP contribution is -2.30. The molecule has 0 aliphatic carbocycles. The molecule has 2 N–H and O–H groups in total. The van der Waals surface area contributed by atoms with Crippen molar-refractivity contribution in [2.45, 2.75) is 65.7 Å². The van der Waals surface area contributed by atoms with E-state index in [0.29, 0.717) is 34.8 Å². The van der Waals surface area contributed by atoms with Gasteiger partial charge in [0.15, 0.2) is 0 Å². The van der Waals surface area contributed by atoms with Gasteiger partial charge in [0, 0.05) is 25.8 Å². The maximum atomic E-state index is 13.5. The van der Waals surface area contributed by atoms with Crippen molar-refractivity contribution in [3.8, 4) is 11.3 Å². The first-order valence-corrected chi connectivity index (χ1v) is 14.9. The van der Waals surface area contributed by atoms with E-state index in [9.17, 15) is 9.59 Å². The number of hydrogen-bond donors (Lipinski definition) is 1. The summed E-state index contributed by atoms with van der Waals surface area (Å²) in [6, 6.07) is 11.9. The Morgan fingerprint density at radius 3 is 2.42 bits per heavy atom. The number of carbonyl (C=O) groups excluding carboxylic acids is 1. The third kappa shape index (κ3) is 5.75. The SMILES string of the molecule is Cc1c(N)cc(-c2cc3ccccc3n2C(=O)OC(C)(C)C)c(=O)n1COCC[Si](C)(C)C. The first-order chi connectivity index (χ1) is 15.3. The zero-order valence-corrected chi connectivity index (χ0v) is 21.7. The second-order valence-corrected chi connectivity index (χ2v) is 16.2. The van der Waals surface area contributed by atoms with Crippen molar-refractivity contribution < 1.29 is 14.3 Å². The van der Waals surface area contributed by atoms with Crippen LogP contribution < -0.4 is 11.3 Å². The minimum atomic E-state index is -1.25. The van der Waals surface area contributed by atoms with Gasteiger partial charge >= 0.3 is 6.09 Å². The van der Waals surface area contributed by atoms with Gasteiger partial charge < -0.3 is 15.2 Å². The second-order valence-electron chi connectivity index (χ2n) is 10.6. The highest BCUT2D eigenvalue weighted by molar-refractivity contribution is 6.76. The van der Waals surface area contributed by atoms with E-state index in [1.165, 1.54) is 9.13 Å². The highest BCUT2D eigenvalue weighted by Crippen LogP contribution is 2.29. The zero-order valence-electron chi connectivity index (χ0n) is 20.7. The molecular weight excluding hydrogens is 434 g/mol. The van der Waals surface area contributed by atoms with Crippen LogP contribution in [0, 0.1) is 6.92 Å². The third-order valence-electron chi connectivity index (χ3n) is 5.38. The smallest absolute Gasteiger partial charge is 0.419 e. The predicted octanol–water partition coefficient (Wildman–Crippen LogP) is 5.46. The summed E-state index contributed by atoms with van der Waals surface area (Å²) in [5, 5.41) is 0.829. The normalized spacial score (nSPS) is 12.3. The van der Waals surface area contributed by atoms with Gasteiger partial charge in [-0.15, -0.1) is 0 Å². The van der Waals surface area contributed by atoms with Gasteiger partial charge in [0.2, 0.25) is 0 Å². The summed E-state index contributed by atoms with van der Waals surface area (Å²) in [4.78, 5) is 26.7. The first kappa shape index (κ1) is 24.8. The molecule has 0 bridgehead atoms. The fourth-order valence-electron chi connectivity index (χ4n) is 3.51. The van der Waals surface area contributed by atoms with Gasteiger partial charge in [-0.25, -0.2) is 9.36 Å². The zero-order chi connectivity index (χ0) is 24.6. The van der Waals surface area contributed by atoms with Gasteiger partial charge in [0.25, 0.3) is 5.56 Å². The van der Waals surface area contributed by atoms with Crippen molar-refractivity contribution in [3.63, 3.8) is 0 Å². The molecule has 0 amide bonds. The van der Waals surface area contributed by atoms with Gasteiger partial charge in [-0.05, 0) is 51.9 Å². The van der Waals surface area contributed by atoms with E-state index in [1.807, 2.05) is 51.1 Å². The van der Waals surface area contributed by atoms with Gasteiger partial charge in [-0.3, -0.25) is 9.36 Å². The third-order valence-corrected chi connectivity index (χ3v) is 7.08. The standard InChI is InChI=1S/C25H35N3O4Si/c1-17-20(26)15-19(23(29)27(17)16-31-12-13-33(5,6)7)22-14-18-10-8-9-11-21(18)28(22)24(30)32-25(2,3)4/h8-11,14-15H,12-13,16,26H2,1-7H3. The highest BCUT2D eigenvalue weighted by atomic mass is 28.3. The molecule has 0 saturated heterocycles. The van der Waals surface area contributed by atoms with Crippen LogP contribution in [0.1, 0.15) is 26.5 Å². The average molecular weight is 470 g/mol. The lowest BCUT2D eigenvalue weighted by Gasteiger charge is -2.21. The number of rotatable bonds is 6. The molecule has 0 fully saturated rings. The number of para-hydroxylation sites is 1. The van der Waals surface area contributed by atoms with Crippen LogP contribution in [0.2, 0.25) is 25.7 Å². The van der Waals surface area contributed by atoms with E-state index in [2.05, 4.69) is 19.6 Å². The van der Waals surface area contributed by atoms with Crippen LogP contribution in [0.4, 0.5) is 10.5 Å². The fraction of sp³-hybridized carbons (Fsp3) is 0.440. The summed E-state index contributed by atoms with van der Waals surface area (Å²) in [6.07, 6.45) is -0.546. The number of nitrogens with two attached hydrogens (primary N) is 1. The molecule has 8 heteroatoms. The monoisotopic (exact) mass is 469 g/mol. The van der Waals surface area contributed by atoms with Gasteiger partial charge in [0.1, 0.15) is 12.3 Å². The van der Waals surface area contributed by atoms with Crippen LogP contribution in [-0.4, -0.2) is 35.5 Å².